The molecule has 196 valence electrons. The highest BCUT2D eigenvalue weighted by Gasteiger charge is 2.46. The van der Waals surface area contributed by atoms with Crippen molar-refractivity contribution in [3.8, 4) is 11.5 Å². The number of carbonyl (C=O) groups excluding carboxylic acids is 2. The molecule has 0 spiro atoms. The second kappa shape index (κ2) is 11.0. The first-order valence-corrected chi connectivity index (χ1v) is 14.2. The Balaban J connectivity index is 1.64. The van der Waals surface area contributed by atoms with Crippen molar-refractivity contribution in [2.75, 3.05) is 18.1 Å². The van der Waals surface area contributed by atoms with Crippen molar-refractivity contribution in [3.05, 3.63) is 81.2 Å². The first kappa shape index (κ1) is 25.9. The first-order valence-electron chi connectivity index (χ1n) is 12.5. The summed E-state index contributed by atoms with van der Waals surface area (Å²) >= 11 is 2.61. The van der Waals surface area contributed by atoms with Crippen molar-refractivity contribution in [1.82, 2.24) is 4.98 Å². The van der Waals surface area contributed by atoms with Gasteiger partial charge in [-0.25, -0.2) is 4.98 Å². The molecule has 1 aliphatic rings. The number of hydrogen-bond acceptors (Lipinski definition) is 8. The van der Waals surface area contributed by atoms with Crippen molar-refractivity contribution in [2.45, 2.75) is 39.7 Å². The Labute approximate surface area is 229 Å². The summed E-state index contributed by atoms with van der Waals surface area (Å²) in [4.78, 5) is 33.7. The lowest BCUT2D eigenvalue weighted by molar-refractivity contribution is -0.117. The van der Waals surface area contributed by atoms with Gasteiger partial charge >= 0.3 is 0 Å². The Morgan fingerprint density at radius 3 is 2.68 bits per heavy atom. The summed E-state index contributed by atoms with van der Waals surface area (Å²) in [6, 6.07) is 13.8. The molecule has 5 rings (SSSR count). The summed E-state index contributed by atoms with van der Waals surface area (Å²) in [6.45, 7) is 6.94. The highest BCUT2D eigenvalue weighted by Crippen LogP contribution is 2.46. The monoisotopic (exact) mass is 548 g/mol. The summed E-state index contributed by atoms with van der Waals surface area (Å²) in [5.41, 5.74) is 2.46. The van der Waals surface area contributed by atoms with Crippen molar-refractivity contribution in [3.63, 3.8) is 0 Å². The average molecular weight is 549 g/mol. The minimum atomic E-state index is -0.886. The maximum atomic E-state index is 13.6. The smallest absolute Gasteiger partial charge is 0.296 e. The van der Waals surface area contributed by atoms with E-state index >= 15 is 0 Å². The molecule has 1 N–H and O–H groups in total. The van der Waals surface area contributed by atoms with Crippen LogP contribution in [0.5, 0.6) is 11.5 Å². The number of amides is 1. The van der Waals surface area contributed by atoms with E-state index in [1.807, 2.05) is 38.1 Å². The van der Waals surface area contributed by atoms with Crippen LogP contribution in [0.3, 0.4) is 0 Å². The molecule has 4 aromatic rings. The minimum Gasteiger partial charge on any atom is -0.503 e. The van der Waals surface area contributed by atoms with Crippen LogP contribution in [-0.4, -0.2) is 35.0 Å². The molecule has 2 aromatic carbocycles. The Hall–Kier alpha value is -3.69. The van der Waals surface area contributed by atoms with E-state index in [0.29, 0.717) is 40.3 Å². The van der Waals surface area contributed by atoms with Crippen molar-refractivity contribution in [1.29, 1.82) is 0 Å². The van der Waals surface area contributed by atoms with Gasteiger partial charge in [0.15, 0.2) is 22.4 Å². The number of benzene rings is 2. The van der Waals surface area contributed by atoms with Gasteiger partial charge in [-0.2, -0.15) is 0 Å². The number of ketones is 1. The molecule has 0 aliphatic carbocycles. The van der Waals surface area contributed by atoms with Crippen LogP contribution in [-0.2, 0) is 4.79 Å². The molecule has 1 atom stereocenters. The van der Waals surface area contributed by atoms with E-state index in [1.54, 1.807) is 29.6 Å². The summed E-state index contributed by atoms with van der Waals surface area (Å²) in [5.74, 6) is -0.508. The Morgan fingerprint density at radius 2 is 1.95 bits per heavy atom. The third-order valence-corrected chi connectivity index (χ3v) is 8.16. The van der Waals surface area contributed by atoms with Gasteiger partial charge in [0.1, 0.15) is 0 Å². The molecule has 1 unspecified atom stereocenters. The lowest BCUT2D eigenvalue weighted by Crippen LogP contribution is -2.31. The number of aliphatic hydroxyl groups excluding tert-OH is 1. The second-order valence-corrected chi connectivity index (χ2v) is 10.9. The van der Waals surface area contributed by atoms with Crippen LogP contribution in [0.4, 0.5) is 5.13 Å². The normalized spacial score (nSPS) is 15.5. The number of rotatable bonds is 10. The fourth-order valence-electron chi connectivity index (χ4n) is 4.42. The van der Waals surface area contributed by atoms with Gasteiger partial charge in [0.25, 0.3) is 5.91 Å². The number of aliphatic hydroxyl groups is 1. The van der Waals surface area contributed by atoms with Crippen LogP contribution < -0.4 is 14.4 Å². The fraction of sp³-hybridized carbons (Fsp3) is 0.276. The number of thiophene rings is 1. The number of Topliss-reactive ketones (excluding diaryl/α,β-unsaturated/α-hetero) is 1. The van der Waals surface area contributed by atoms with Gasteiger partial charge in [-0.15, -0.1) is 11.3 Å². The molecule has 0 bridgehead atoms. The zero-order valence-corrected chi connectivity index (χ0v) is 23.0. The fourth-order valence-corrected chi connectivity index (χ4v) is 6.19. The molecule has 0 fully saturated rings. The predicted molar refractivity (Wildman–Crippen MR) is 151 cm³/mol. The first-order chi connectivity index (χ1) is 18.4. The SMILES string of the molecule is CCCCOc1ccc(C2C(C(=O)c3cccs3)=C(O)C(=O)N2c2nc3ccc(C)cc3s2)cc1OCC. The molecule has 3 heterocycles. The molecular formula is C29H28N2O5S2. The predicted octanol–water partition coefficient (Wildman–Crippen LogP) is 7.03. The average Bonchev–Trinajstić information content (AvgIpc) is 3.64. The van der Waals surface area contributed by atoms with Gasteiger partial charge in [-0.1, -0.05) is 42.9 Å². The van der Waals surface area contributed by atoms with Crippen molar-refractivity contribution >= 4 is 49.7 Å². The minimum absolute atomic E-state index is 0.0231. The standard InChI is InChI=1S/C29H28N2O5S2/c1-4-6-13-36-20-12-10-18(16-21(20)35-5-2)25-24(26(32)22-8-7-14-37-22)27(33)28(34)31(25)29-30-19-11-9-17(3)15-23(19)38-29/h7-12,14-16,25,33H,4-6,13H2,1-3H3. The van der Waals surface area contributed by atoms with E-state index in [1.165, 1.54) is 27.6 Å². The van der Waals surface area contributed by atoms with Gasteiger partial charge in [-0.05, 0) is 67.1 Å². The third kappa shape index (κ3) is 4.79. The summed E-state index contributed by atoms with van der Waals surface area (Å²) < 4.78 is 12.7. The van der Waals surface area contributed by atoms with Crippen molar-refractivity contribution in [2.24, 2.45) is 0 Å². The number of fused-ring (bicyclic) bond motifs is 1. The zero-order chi connectivity index (χ0) is 26.8. The van der Waals surface area contributed by atoms with E-state index in [-0.39, 0.29) is 5.57 Å². The number of aryl methyl sites for hydroxylation is 1. The number of anilines is 1. The van der Waals surface area contributed by atoms with Crippen LogP contribution in [0, 0.1) is 6.92 Å². The van der Waals surface area contributed by atoms with E-state index in [4.69, 9.17) is 14.5 Å². The highest BCUT2D eigenvalue weighted by molar-refractivity contribution is 7.22. The Bertz CT molecular complexity index is 1520. The van der Waals surface area contributed by atoms with Crippen LogP contribution in [0.2, 0.25) is 0 Å². The number of aromatic nitrogens is 1. The van der Waals surface area contributed by atoms with Gasteiger partial charge in [0.2, 0.25) is 5.78 Å². The third-order valence-electron chi connectivity index (χ3n) is 6.28. The number of ether oxygens (including phenoxy) is 2. The number of thiazole rings is 1. The van der Waals surface area contributed by atoms with Crippen LogP contribution in [0.1, 0.15) is 53.5 Å². The van der Waals surface area contributed by atoms with Gasteiger partial charge < -0.3 is 14.6 Å². The van der Waals surface area contributed by atoms with E-state index in [9.17, 15) is 14.7 Å². The molecule has 7 nitrogen and oxygen atoms in total. The summed E-state index contributed by atoms with van der Waals surface area (Å²) in [6.07, 6.45) is 1.91. The molecular weight excluding hydrogens is 520 g/mol. The van der Waals surface area contributed by atoms with Crippen LogP contribution in [0.15, 0.2) is 65.2 Å². The van der Waals surface area contributed by atoms with Crippen LogP contribution in [0.25, 0.3) is 10.2 Å². The summed E-state index contributed by atoms with van der Waals surface area (Å²) in [5, 5.41) is 13.3. The maximum Gasteiger partial charge on any atom is 0.296 e. The van der Waals surface area contributed by atoms with E-state index < -0.39 is 23.5 Å². The lowest BCUT2D eigenvalue weighted by atomic mass is 9.95. The van der Waals surface area contributed by atoms with Crippen molar-refractivity contribution < 1.29 is 24.2 Å². The van der Waals surface area contributed by atoms with Crippen LogP contribution >= 0.6 is 22.7 Å². The quantitative estimate of drug-likeness (QED) is 0.169. The van der Waals surface area contributed by atoms with Gasteiger partial charge in [-0.3, -0.25) is 14.5 Å². The van der Waals surface area contributed by atoms with Gasteiger partial charge in [0, 0.05) is 0 Å². The van der Waals surface area contributed by atoms with E-state index in [0.717, 1.165) is 28.6 Å². The number of carbonyl (C=O) groups is 2. The lowest BCUT2D eigenvalue weighted by Gasteiger charge is -2.25. The molecule has 38 heavy (non-hydrogen) atoms. The summed E-state index contributed by atoms with van der Waals surface area (Å²) in [7, 11) is 0. The topological polar surface area (TPSA) is 89.0 Å². The molecule has 0 radical (unpaired) electrons. The molecule has 1 aliphatic heterocycles. The molecule has 1 amide bonds. The number of nitrogens with zero attached hydrogens (tertiary/aromatic N) is 2. The van der Waals surface area contributed by atoms with E-state index in [2.05, 4.69) is 6.92 Å². The largest absolute Gasteiger partial charge is 0.503 e. The molecule has 9 heteroatoms. The molecule has 0 saturated carbocycles. The number of unbranched alkanes of at least 4 members (excludes halogenated alkanes) is 1. The maximum absolute atomic E-state index is 13.6. The molecule has 2 aromatic heterocycles. The highest BCUT2D eigenvalue weighted by atomic mass is 32.1. The second-order valence-electron chi connectivity index (χ2n) is 8.96. The van der Waals surface area contributed by atoms with Gasteiger partial charge in [0.05, 0.1) is 39.9 Å². The molecule has 0 saturated heterocycles. The Kier molecular flexibility index (Phi) is 7.49. The Morgan fingerprint density at radius 1 is 1.11 bits per heavy atom. The zero-order valence-electron chi connectivity index (χ0n) is 21.4. The number of hydrogen-bond donors (Lipinski definition) is 1.